The maximum atomic E-state index is 11.7. The molecule has 0 bridgehead atoms. The number of nitrogens with one attached hydrogen (secondary N) is 1. The lowest BCUT2D eigenvalue weighted by atomic mass is 9.99. The Hall–Kier alpha value is -1.19. The van der Waals surface area contributed by atoms with Crippen molar-refractivity contribution in [2.45, 2.75) is 12.8 Å². The van der Waals surface area contributed by atoms with Crippen LogP contribution in [-0.4, -0.2) is 51.9 Å². The quantitative estimate of drug-likeness (QED) is 0.761. The van der Waals surface area contributed by atoms with Gasteiger partial charge in [-0.3, -0.25) is 4.79 Å². The number of anilines is 1. The van der Waals surface area contributed by atoms with E-state index in [9.17, 15) is 13.2 Å². The lowest BCUT2D eigenvalue weighted by Gasteiger charge is -2.32. The first-order valence-electron chi connectivity index (χ1n) is 6.69. The third-order valence-electron chi connectivity index (χ3n) is 3.34. The summed E-state index contributed by atoms with van der Waals surface area (Å²) in [6.07, 6.45) is 3.73. The van der Waals surface area contributed by atoms with Gasteiger partial charge in [0, 0.05) is 31.2 Å². The molecule has 1 aliphatic rings. The summed E-state index contributed by atoms with van der Waals surface area (Å²) in [5.41, 5.74) is 0. The van der Waals surface area contributed by atoms with Crippen LogP contribution in [0.25, 0.3) is 0 Å². The highest BCUT2D eigenvalue weighted by Crippen LogP contribution is 2.24. The van der Waals surface area contributed by atoms with Gasteiger partial charge in [-0.15, -0.1) is 11.3 Å². The van der Waals surface area contributed by atoms with Crippen molar-refractivity contribution in [3.05, 3.63) is 11.6 Å². The van der Waals surface area contributed by atoms with Gasteiger partial charge in [0.05, 0.1) is 7.11 Å². The molecule has 7 nitrogen and oxygen atoms in total. The average Bonchev–Trinajstić information content (AvgIpc) is 2.99. The summed E-state index contributed by atoms with van der Waals surface area (Å²) in [6, 6.07) is 0. The number of methoxy groups -OCH3 is 1. The Morgan fingerprint density at radius 2 is 2.43 bits per heavy atom. The lowest BCUT2D eigenvalue weighted by Crippen LogP contribution is -2.42. The number of sulfonamides is 1. The van der Waals surface area contributed by atoms with E-state index in [-0.39, 0.29) is 5.92 Å². The molecule has 0 saturated carbocycles. The van der Waals surface area contributed by atoms with Gasteiger partial charge in [-0.1, -0.05) is 0 Å². The molecule has 1 atom stereocenters. The molecular formula is C12H19N3O4S2. The first-order valence-corrected chi connectivity index (χ1v) is 9.22. The fourth-order valence-electron chi connectivity index (χ4n) is 2.29. The van der Waals surface area contributed by atoms with Crippen LogP contribution in [0.4, 0.5) is 5.13 Å². The summed E-state index contributed by atoms with van der Waals surface area (Å²) >= 11 is 1.58. The predicted molar refractivity (Wildman–Crippen MR) is 80.9 cm³/mol. The number of nitrogens with zero attached hydrogens (tertiary/aromatic N) is 2. The summed E-state index contributed by atoms with van der Waals surface area (Å²) in [5, 5.41) is 2.90. The smallest absolute Gasteiger partial charge is 0.322 e. The fraction of sp³-hybridized carbons (Fsp3) is 0.667. The minimum absolute atomic E-state index is 0.218. The molecule has 1 aliphatic heterocycles. The summed E-state index contributed by atoms with van der Waals surface area (Å²) in [4.78, 5) is 17.5. The van der Waals surface area contributed by atoms with E-state index in [1.54, 1.807) is 17.5 Å². The molecule has 1 N–H and O–H groups in total. The number of hydrogen-bond acceptors (Lipinski definition) is 7. The Balaban J connectivity index is 1.84. The van der Waals surface area contributed by atoms with Crippen molar-refractivity contribution in [3.63, 3.8) is 0 Å². The molecule has 0 amide bonds. The summed E-state index contributed by atoms with van der Waals surface area (Å²) < 4.78 is 30.3. The van der Waals surface area contributed by atoms with Crippen LogP contribution in [0.3, 0.4) is 0 Å². The minimum Gasteiger partial charge on any atom is -0.468 e. The molecule has 118 valence electrons. The van der Waals surface area contributed by atoms with Gasteiger partial charge < -0.3 is 9.64 Å². The molecule has 9 heteroatoms. The first kappa shape index (κ1) is 16.2. The topological polar surface area (TPSA) is 88.6 Å². The summed E-state index contributed by atoms with van der Waals surface area (Å²) in [6.45, 7) is 2.05. The van der Waals surface area contributed by atoms with Crippen molar-refractivity contribution in [1.82, 2.24) is 9.71 Å². The number of esters is 1. The fourth-order valence-corrected chi connectivity index (χ4v) is 3.99. The lowest BCUT2D eigenvalue weighted by molar-refractivity contribution is -0.137. The van der Waals surface area contributed by atoms with Gasteiger partial charge in [-0.05, 0) is 18.8 Å². The Morgan fingerprint density at radius 1 is 1.62 bits per heavy atom. The number of piperidine rings is 1. The third-order valence-corrected chi connectivity index (χ3v) is 5.39. The van der Waals surface area contributed by atoms with Crippen LogP contribution in [0.5, 0.6) is 0 Å². The van der Waals surface area contributed by atoms with Crippen molar-refractivity contribution in [3.8, 4) is 0 Å². The van der Waals surface area contributed by atoms with Crippen molar-refractivity contribution < 1.29 is 17.9 Å². The highest BCUT2D eigenvalue weighted by molar-refractivity contribution is 7.90. The van der Waals surface area contributed by atoms with Gasteiger partial charge in [0.25, 0.3) is 0 Å². The van der Waals surface area contributed by atoms with Gasteiger partial charge in [0.2, 0.25) is 10.0 Å². The molecule has 0 radical (unpaired) electrons. The molecule has 2 rings (SSSR count). The number of rotatable bonds is 6. The molecule has 1 fully saturated rings. The monoisotopic (exact) mass is 333 g/mol. The van der Waals surface area contributed by atoms with E-state index in [0.717, 1.165) is 31.1 Å². The number of ether oxygens (including phenoxy) is 1. The van der Waals surface area contributed by atoms with Gasteiger partial charge in [-0.25, -0.2) is 18.1 Å². The Morgan fingerprint density at radius 3 is 3.10 bits per heavy atom. The molecule has 0 aromatic carbocycles. The van der Waals surface area contributed by atoms with Gasteiger partial charge in [0.1, 0.15) is 0 Å². The van der Waals surface area contributed by atoms with Crippen LogP contribution in [0.2, 0.25) is 0 Å². The van der Waals surface area contributed by atoms with Crippen LogP contribution < -0.4 is 9.62 Å². The second-order valence-electron chi connectivity index (χ2n) is 4.95. The molecule has 21 heavy (non-hydrogen) atoms. The number of thiazole rings is 1. The van der Waals surface area contributed by atoms with Gasteiger partial charge in [-0.2, -0.15) is 0 Å². The molecule has 2 heterocycles. The summed E-state index contributed by atoms with van der Waals surface area (Å²) in [7, 11) is -2.45. The van der Waals surface area contributed by atoms with Crippen LogP contribution in [0.15, 0.2) is 11.6 Å². The number of carbonyl (C=O) groups excluding carboxylic acids is 1. The van der Waals surface area contributed by atoms with E-state index in [1.165, 1.54) is 7.11 Å². The second kappa shape index (κ2) is 7.19. The van der Waals surface area contributed by atoms with E-state index in [0.29, 0.717) is 6.54 Å². The zero-order chi connectivity index (χ0) is 15.3. The minimum atomic E-state index is -3.62. The van der Waals surface area contributed by atoms with Crippen molar-refractivity contribution in [2.75, 3.05) is 37.4 Å². The molecule has 0 aliphatic carbocycles. The molecular weight excluding hydrogens is 314 g/mol. The average molecular weight is 333 g/mol. The van der Waals surface area contributed by atoms with E-state index in [4.69, 9.17) is 0 Å². The molecule has 1 aromatic heterocycles. The van der Waals surface area contributed by atoms with E-state index >= 15 is 0 Å². The zero-order valence-electron chi connectivity index (χ0n) is 11.8. The van der Waals surface area contributed by atoms with Crippen LogP contribution in [0, 0.1) is 5.92 Å². The number of hydrogen-bond donors (Lipinski definition) is 1. The van der Waals surface area contributed by atoms with Crippen LogP contribution >= 0.6 is 11.3 Å². The maximum Gasteiger partial charge on any atom is 0.322 e. The molecule has 1 saturated heterocycles. The van der Waals surface area contributed by atoms with Crippen molar-refractivity contribution in [2.24, 2.45) is 5.92 Å². The zero-order valence-corrected chi connectivity index (χ0v) is 13.5. The first-order chi connectivity index (χ1) is 10.00. The normalized spacial score (nSPS) is 19.5. The predicted octanol–water partition coefficient (Wildman–Crippen LogP) is 0.452. The van der Waals surface area contributed by atoms with Crippen LogP contribution in [0.1, 0.15) is 12.8 Å². The number of carbonyl (C=O) groups is 1. The largest absolute Gasteiger partial charge is 0.468 e. The van der Waals surface area contributed by atoms with Crippen molar-refractivity contribution in [1.29, 1.82) is 0 Å². The Labute approximate surface area is 128 Å². The number of aromatic nitrogens is 1. The van der Waals surface area contributed by atoms with Crippen LogP contribution in [-0.2, 0) is 19.6 Å². The molecule has 1 unspecified atom stereocenters. The SMILES string of the molecule is COC(=O)CS(=O)(=O)NCC1CCCN(c2nccs2)C1. The highest BCUT2D eigenvalue weighted by Gasteiger charge is 2.24. The van der Waals surface area contributed by atoms with E-state index in [1.807, 2.05) is 5.38 Å². The highest BCUT2D eigenvalue weighted by atomic mass is 32.2. The van der Waals surface area contributed by atoms with Crippen molar-refractivity contribution >= 4 is 32.5 Å². The van der Waals surface area contributed by atoms with Gasteiger partial charge in [0.15, 0.2) is 10.9 Å². The Kier molecular flexibility index (Phi) is 5.54. The molecule has 1 aromatic rings. The van der Waals surface area contributed by atoms with E-state index < -0.39 is 21.7 Å². The maximum absolute atomic E-state index is 11.7. The third kappa shape index (κ3) is 4.94. The summed E-state index contributed by atoms with van der Waals surface area (Å²) in [5.74, 6) is -1.17. The standard InChI is InChI=1S/C12H19N3O4S2/c1-19-11(16)9-21(17,18)14-7-10-3-2-5-15(8-10)12-13-4-6-20-12/h4,6,10,14H,2-3,5,7-9H2,1H3. The van der Waals surface area contributed by atoms with Gasteiger partial charge >= 0.3 is 5.97 Å². The molecule has 0 spiro atoms. The van der Waals surface area contributed by atoms with E-state index in [2.05, 4.69) is 19.3 Å². The second-order valence-corrected chi connectivity index (χ2v) is 7.63. The Bertz CT molecular complexity index is 559.